The number of hydrogen-bond acceptors (Lipinski definition) is 16. The third-order valence-corrected chi connectivity index (χ3v) is 21.2. The van der Waals surface area contributed by atoms with Gasteiger partial charge in [0.15, 0.2) is 0 Å². The van der Waals surface area contributed by atoms with Crippen molar-refractivity contribution in [3.8, 4) is 0 Å². The van der Waals surface area contributed by atoms with Crippen LogP contribution < -0.4 is 10.6 Å². The van der Waals surface area contributed by atoms with Crippen molar-refractivity contribution in [3.05, 3.63) is 97.2 Å². The Morgan fingerprint density at radius 1 is 0.287 bits per heavy atom. The number of amides is 4. The van der Waals surface area contributed by atoms with E-state index >= 15 is 0 Å². The van der Waals surface area contributed by atoms with E-state index in [2.05, 4.69) is 136 Å². The van der Waals surface area contributed by atoms with Crippen molar-refractivity contribution in [2.45, 2.75) is 394 Å². The largest absolute Gasteiger partial charge is 0.464 e. The summed E-state index contributed by atoms with van der Waals surface area (Å²) in [7, 11) is 0. The Morgan fingerprint density at radius 2 is 0.582 bits per heavy atom. The minimum absolute atomic E-state index is 0.0370. The van der Waals surface area contributed by atoms with E-state index in [4.69, 9.17) is 33.5 Å². The average Bonchev–Trinajstić information content (AvgIpc) is 0.906. The molecule has 0 spiro atoms. The van der Waals surface area contributed by atoms with Crippen molar-refractivity contribution in [2.75, 3.05) is 98.7 Å². The van der Waals surface area contributed by atoms with Gasteiger partial charge in [0.05, 0.1) is 52.6 Å². The first-order valence-corrected chi connectivity index (χ1v) is 49.0. The van der Waals surface area contributed by atoms with Gasteiger partial charge < -0.3 is 54.0 Å². The molecule has 0 heterocycles. The zero-order valence-electron chi connectivity index (χ0n) is 77.7. The predicted molar refractivity (Wildman–Crippen MR) is 499 cm³/mol. The van der Waals surface area contributed by atoms with Gasteiger partial charge in [-0.15, -0.1) is 0 Å². The molecular formula is C102H176N4O16. The Labute approximate surface area is 742 Å². The van der Waals surface area contributed by atoms with Crippen LogP contribution in [0.5, 0.6) is 0 Å². The number of hydrogen-bond donors (Lipinski definition) is 3. The van der Waals surface area contributed by atoms with E-state index in [9.17, 15) is 43.2 Å². The van der Waals surface area contributed by atoms with Crippen LogP contribution in [-0.2, 0) is 71.6 Å². The SMILES string of the molecule is CCCCC/C=C\C/C=C\CCCCCCCC(=O)OCCN(CCOC(=O)CCCCCCC/C=C\C/C=C\CCCCC)C(=O)CCC(=O)CC(CCCCNC(=O)CCC(=O)N(CCOC(=O)CCCCCCC/C=C\C/C=C\CCCCC)CCOC(=O)CCCCCCC/C=C\C/C=C\CCCCC)C(=O)NCCCOCCOCCO. The van der Waals surface area contributed by atoms with Crippen LogP contribution in [0.15, 0.2) is 97.2 Å². The maximum Gasteiger partial charge on any atom is 0.305 e. The summed E-state index contributed by atoms with van der Waals surface area (Å²) < 4.78 is 33.3. The maximum atomic E-state index is 14.0. The lowest BCUT2D eigenvalue weighted by Crippen LogP contribution is -2.38. The van der Waals surface area contributed by atoms with Gasteiger partial charge in [-0.05, 0) is 173 Å². The summed E-state index contributed by atoms with van der Waals surface area (Å²) in [5.41, 5.74) is 0. The zero-order valence-corrected chi connectivity index (χ0v) is 77.7. The van der Waals surface area contributed by atoms with Crippen LogP contribution in [0, 0.1) is 5.92 Å². The fraction of sp³-hybridized carbons (Fsp3) is 0.755. The Bertz CT molecular complexity index is 2650. The fourth-order valence-electron chi connectivity index (χ4n) is 13.6. The van der Waals surface area contributed by atoms with Crippen LogP contribution >= 0.6 is 0 Å². The van der Waals surface area contributed by atoms with Gasteiger partial charge in [0.25, 0.3) is 0 Å². The number of nitrogens with one attached hydrogen (secondary N) is 2. The van der Waals surface area contributed by atoms with E-state index in [1.54, 1.807) is 0 Å². The van der Waals surface area contributed by atoms with Gasteiger partial charge in [-0.25, -0.2) is 0 Å². The molecule has 0 radical (unpaired) electrons. The first-order chi connectivity index (χ1) is 59.8. The molecule has 0 aliphatic rings. The number of esters is 4. The summed E-state index contributed by atoms with van der Waals surface area (Å²) in [5, 5.41) is 14.8. The number of aliphatic hydroxyl groups is 1. The van der Waals surface area contributed by atoms with E-state index in [1.165, 1.54) is 86.8 Å². The topological polar surface area (TPSA) is 260 Å². The summed E-state index contributed by atoms with van der Waals surface area (Å²) in [4.78, 5) is 123. The highest BCUT2D eigenvalue weighted by molar-refractivity contribution is 5.89. The smallest absolute Gasteiger partial charge is 0.305 e. The molecule has 0 aromatic carbocycles. The van der Waals surface area contributed by atoms with Gasteiger partial charge in [-0.2, -0.15) is 0 Å². The minimum Gasteiger partial charge on any atom is -0.464 e. The molecule has 122 heavy (non-hydrogen) atoms. The number of carbonyl (C=O) groups excluding carboxylic acids is 9. The van der Waals surface area contributed by atoms with Crippen LogP contribution in [0.2, 0.25) is 0 Å². The predicted octanol–water partition coefficient (Wildman–Crippen LogP) is 23.0. The van der Waals surface area contributed by atoms with E-state index in [-0.39, 0.29) is 190 Å². The minimum atomic E-state index is -0.742. The monoisotopic (exact) mass is 1710 g/mol. The van der Waals surface area contributed by atoms with Crippen LogP contribution in [-0.4, -0.2) is 167 Å². The number of rotatable bonds is 91. The van der Waals surface area contributed by atoms with E-state index in [0.717, 1.165) is 180 Å². The molecular weight excluding hydrogens is 1540 g/mol. The van der Waals surface area contributed by atoms with Crippen LogP contribution in [0.1, 0.15) is 394 Å². The third kappa shape index (κ3) is 84.1. The van der Waals surface area contributed by atoms with Crippen molar-refractivity contribution in [2.24, 2.45) is 5.92 Å². The Kier molecular flexibility index (Phi) is 88.2. The Balaban J connectivity index is 5.81. The lowest BCUT2D eigenvalue weighted by Gasteiger charge is -2.23. The summed E-state index contributed by atoms with van der Waals surface area (Å²) in [6.07, 6.45) is 85.1. The normalized spacial score (nSPS) is 12.1. The molecule has 0 aromatic heterocycles. The highest BCUT2D eigenvalue weighted by atomic mass is 16.5. The van der Waals surface area contributed by atoms with Crippen LogP contribution in [0.3, 0.4) is 0 Å². The van der Waals surface area contributed by atoms with E-state index in [1.807, 2.05) is 0 Å². The van der Waals surface area contributed by atoms with Crippen molar-refractivity contribution < 1.29 is 76.7 Å². The summed E-state index contributed by atoms with van der Waals surface area (Å²) in [6, 6.07) is 0. The molecule has 20 heteroatoms. The number of carbonyl (C=O) groups is 9. The van der Waals surface area contributed by atoms with Crippen molar-refractivity contribution in [1.82, 2.24) is 20.4 Å². The highest BCUT2D eigenvalue weighted by Crippen LogP contribution is 2.19. The number of nitrogens with zero attached hydrogens (tertiary/aromatic N) is 2. The molecule has 20 nitrogen and oxygen atoms in total. The summed E-state index contributed by atoms with van der Waals surface area (Å²) >= 11 is 0. The molecule has 0 bridgehead atoms. The average molecular weight is 1710 g/mol. The molecule has 1 unspecified atom stereocenters. The molecule has 700 valence electrons. The Hall–Kier alpha value is -6.77. The summed E-state index contributed by atoms with van der Waals surface area (Å²) in [5.74, 6) is -3.81. The molecule has 1 atom stereocenters. The Morgan fingerprint density at radius 3 is 0.910 bits per heavy atom. The standard InChI is InChI=1S/C102H176N4O16/c1-5-9-13-17-21-25-29-33-37-41-45-49-53-57-61-69-98(112)119-85-79-105(80-86-120-99(113)70-62-58-54-50-46-42-38-34-30-26-22-18-14-10-6-2)96(110)75-73-94(108)92-93(102(116)104-78-67-84-117-90-91-118-89-83-107)68-65-66-77-103-95(109)74-76-97(111)106(81-87-121-100(114)71-63-59-55-51-47-43-39-35-31-27-23-19-15-11-7-3)82-88-122-101(115)72-64-60-56-52-48-44-40-36-32-28-24-20-16-12-8-4/h21-28,33-40,93,107H,5-20,29-32,41-92H2,1-4H3,(H,103,109)(H,104,116)/b25-21-,26-22-,27-23-,28-24-,37-33-,38-34-,39-35-,40-36-. The number of ether oxygens (including phenoxy) is 6. The molecule has 0 saturated carbocycles. The second-order valence-electron chi connectivity index (χ2n) is 32.4. The maximum absolute atomic E-state index is 14.0. The van der Waals surface area contributed by atoms with Gasteiger partial charge in [-0.3, -0.25) is 43.2 Å². The van der Waals surface area contributed by atoms with Crippen molar-refractivity contribution in [1.29, 1.82) is 0 Å². The number of ketones is 1. The number of allylic oxidation sites excluding steroid dienone is 16. The molecule has 4 amide bonds. The van der Waals surface area contributed by atoms with Crippen molar-refractivity contribution in [3.63, 3.8) is 0 Å². The first kappa shape index (κ1) is 115. The second kappa shape index (κ2) is 93.4. The summed E-state index contributed by atoms with van der Waals surface area (Å²) in [6.45, 7) is 10.6. The number of Topliss-reactive ketones (excluding diaryl/α,β-unsaturated/α-hetero) is 1. The molecule has 0 rings (SSSR count). The van der Waals surface area contributed by atoms with Gasteiger partial charge >= 0.3 is 23.9 Å². The molecule has 3 N–H and O–H groups in total. The number of aliphatic hydroxyl groups excluding tert-OH is 1. The lowest BCUT2D eigenvalue weighted by atomic mass is 9.93. The molecule has 0 saturated heterocycles. The van der Waals surface area contributed by atoms with E-state index < -0.39 is 5.92 Å². The lowest BCUT2D eigenvalue weighted by molar-refractivity contribution is -0.148. The number of unbranched alkanes of at least 4 members (excludes halogenated alkanes) is 33. The molecule has 0 aliphatic carbocycles. The fourth-order valence-corrected chi connectivity index (χ4v) is 13.6. The second-order valence-corrected chi connectivity index (χ2v) is 32.4. The molecule has 0 aliphatic heterocycles. The van der Waals surface area contributed by atoms with Crippen LogP contribution in [0.4, 0.5) is 0 Å². The van der Waals surface area contributed by atoms with Crippen molar-refractivity contribution >= 4 is 53.3 Å². The van der Waals surface area contributed by atoms with E-state index in [0.29, 0.717) is 71.2 Å². The van der Waals surface area contributed by atoms with Gasteiger partial charge in [-0.1, -0.05) is 260 Å². The van der Waals surface area contributed by atoms with Gasteiger partial charge in [0, 0.05) is 83.4 Å². The molecule has 0 aromatic rings. The van der Waals surface area contributed by atoms with Gasteiger partial charge in [0.1, 0.15) is 32.2 Å². The molecule has 0 fully saturated rings. The third-order valence-electron chi connectivity index (χ3n) is 21.2. The quantitative estimate of drug-likeness (QED) is 0.0221. The zero-order chi connectivity index (χ0) is 88.8. The highest BCUT2D eigenvalue weighted by Gasteiger charge is 2.24. The first-order valence-electron chi connectivity index (χ1n) is 49.0. The van der Waals surface area contributed by atoms with Gasteiger partial charge in [0.2, 0.25) is 23.6 Å². The van der Waals surface area contributed by atoms with Crippen LogP contribution in [0.25, 0.3) is 0 Å².